The van der Waals surface area contributed by atoms with Gasteiger partial charge in [0, 0.05) is 42.8 Å². The molecule has 1 spiro atoms. The Morgan fingerprint density at radius 3 is 2.77 bits per heavy atom. The van der Waals surface area contributed by atoms with E-state index in [1.54, 1.807) is 24.3 Å². The molecule has 11 heteroatoms. The molecular formula is C28H30N6O5. The second-order valence-corrected chi connectivity index (χ2v) is 10.3. The number of aromatic nitrogens is 1. The van der Waals surface area contributed by atoms with Crippen LogP contribution < -0.4 is 20.7 Å². The van der Waals surface area contributed by atoms with E-state index in [2.05, 4.69) is 27.6 Å². The molecule has 1 amide bonds. The van der Waals surface area contributed by atoms with Crippen molar-refractivity contribution in [3.8, 4) is 11.5 Å². The summed E-state index contributed by atoms with van der Waals surface area (Å²) in [5.74, 6) is 6.40. The van der Waals surface area contributed by atoms with E-state index >= 15 is 0 Å². The van der Waals surface area contributed by atoms with Crippen LogP contribution in [0.3, 0.4) is 0 Å². The molecule has 39 heavy (non-hydrogen) atoms. The van der Waals surface area contributed by atoms with Crippen LogP contribution in [0.5, 0.6) is 11.5 Å². The van der Waals surface area contributed by atoms with Crippen molar-refractivity contribution in [1.82, 2.24) is 15.5 Å². The van der Waals surface area contributed by atoms with Crippen molar-refractivity contribution in [3.05, 3.63) is 59.3 Å². The number of ether oxygens (including phenoxy) is 2. The van der Waals surface area contributed by atoms with Gasteiger partial charge in [-0.3, -0.25) is 15.0 Å². The molecule has 1 saturated heterocycles. The Labute approximate surface area is 224 Å². The minimum Gasteiger partial charge on any atom is -0.490 e. The summed E-state index contributed by atoms with van der Waals surface area (Å²) in [5, 5.41) is 11.8. The van der Waals surface area contributed by atoms with Crippen LogP contribution in [0.1, 0.15) is 76.9 Å². The molecule has 0 bridgehead atoms. The van der Waals surface area contributed by atoms with Gasteiger partial charge in [-0.15, -0.1) is 0 Å². The fourth-order valence-electron chi connectivity index (χ4n) is 5.48. The first kappa shape index (κ1) is 24.9. The Bertz CT molecular complexity index is 1500. The van der Waals surface area contributed by atoms with E-state index < -0.39 is 5.60 Å². The second-order valence-electron chi connectivity index (χ2n) is 10.3. The van der Waals surface area contributed by atoms with Gasteiger partial charge in [-0.05, 0) is 55.7 Å². The number of rotatable bonds is 7. The largest absolute Gasteiger partial charge is 0.490 e. The molecule has 11 nitrogen and oxygen atoms in total. The molecule has 0 radical (unpaired) electrons. The van der Waals surface area contributed by atoms with Gasteiger partial charge < -0.3 is 24.7 Å². The quantitative estimate of drug-likeness (QED) is 0.257. The number of piperidine rings is 1. The normalized spacial score (nSPS) is 18.3. The van der Waals surface area contributed by atoms with Gasteiger partial charge in [-0.25, -0.2) is 0 Å². The number of likely N-dealkylation sites (tertiary alicyclic amines) is 1. The van der Waals surface area contributed by atoms with Crippen molar-refractivity contribution >= 4 is 28.4 Å². The summed E-state index contributed by atoms with van der Waals surface area (Å²) in [6.07, 6.45) is 3.51. The maximum Gasteiger partial charge on any atom is 0.254 e. The standard InChI is InChI=1S/C28H30N6O5/c1-3-37-24-14-19(13-21-25(17-4-5-17)31-39-26(21)24)27(36)34-10-8-28(9-11-34)15-22(35)20-12-18(6-7-23(20)38-28)16(2)30-33-32-29/h6-7,12-14,17H,2-5,8-11,15H2,1H3,(H2,29,33)(H,30,32). The molecule has 2 fully saturated rings. The van der Waals surface area contributed by atoms with Gasteiger partial charge in [-0.1, -0.05) is 22.2 Å². The zero-order valence-electron chi connectivity index (χ0n) is 21.7. The predicted molar refractivity (Wildman–Crippen MR) is 142 cm³/mol. The summed E-state index contributed by atoms with van der Waals surface area (Å²) in [5.41, 5.74) is 5.68. The Morgan fingerprint density at radius 2 is 2.05 bits per heavy atom. The lowest BCUT2D eigenvalue weighted by molar-refractivity contribution is -0.00572. The summed E-state index contributed by atoms with van der Waals surface area (Å²) in [6.45, 7) is 7.20. The number of carbonyl (C=O) groups is 2. The first-order chi connectivity index (χ1) is 18.9. The summed E-state index contributed by atoms with van der Waals surface area (Å²) in [7, 11) is 0. The summed E-state index contributed by atoms with van der Waals surface area (Å²) in [6, 6.07) is 8.93. The van der Waals surface area contributed by atoms with Gasteiger partial charge >= 0.3 is 0 Å². The average molecular weight is 531 g/mol. The van der Waals surface area contributed by atoms with E-state index in [4.69, 9.17) is 19.8 Å². The first-order valence-corrected chi connectivity index (χ1v) is 13.2. The zero-order valence-corrected chi connectivity index (χ0v) is 21.7. The van der Waals surface area contributed by atoms with Crippen LogP contribution in [-0.4, -0.2) is 47.0 Å². The topological polar surface area (TPSA) is 145 Å². The molecule has 202 valence electrons. The minimum absolute atomic E-state index is 0.00185. The maximum atomic E-state index is 13.6. The molecule has 3 heterocycles. The first-order valence-electron chi connectivity index (χ1n) is 13.2. The van der Waals surface area contributed by atoms with Gasteiger partial charge in [0.05, 0.1) is 30.0 Å². The molecule has 1 saturated carbocycles. The van der Waals surface area contributed by atoms with Crippen LogP contribution >= 0.6 is 0 Å². The van der Waals surface area contributed by atoms with Crippen molar-refractivity contribution in [2.24, 2.45) is 16.3 Å². The molecule has 2 aliphatic heterocycles. The third-order valence-corrected chi connectivity index (χ3v) is 7.72. The van der Waals surface area contributed by atoms with Crippen molar-refractivity contribution in [1.29, 1.82) is 0 Å². The van der Waals surface area contributed by atoms with Gasteiger partial charge in [0.15, 0.2) is 11.5 Å². The zero-order chi connectivity index (χ0) is 27.1. The van der Waals surface area contributed by atoms with E-state index in [0.717, 1.165) is 23.9 Å². The molecule has 1 aliphatic carbocycles. The van der Waals surface area contributed by atoms with E-state index in [1.807, 2.05) is 17.9 Å². The van der Waals surface area contributed by atoms with Crippen LogP contribution in [0.2, 0.25) is 0 Å². The molecule has 1 aromatic heterocycles. The molecule has 0 atom stereocenters. The molecule has 3 aromatic rings. The highest BCUT2D eigenvalue weighted by Crippen LogP contribution is 2.45. The van der Waals surface area contributed by atoms with Gasteiger partial charge in [0.25, 0.3) is 5.91 Å². The lowest BCUT2D eigenvalue weighted by Crippen LogP contribution is -2.52. The summed E-state index contributed by atoms with van der Waals surface area (Å²) in [4.78, 5) is 28.6. The number of amides is 1. The SMILES string of the molecule is C=C(N/N=N\N)c1ccc2c(c1)C(=O)CC1(CCN(C(=O)c3cc(OCC)c4onc(C5CC5)c4c3)CC1)O2. The number of nitrogens with one attached hydrogen (secondary N) is 1. The highest BCUT2D eigenvalue weighted by Gasteiger charge is 2.44. The molecule has 2 aromatic carbocycles. The Morgan fingerprint density at radius 1 is 1.26 bits per heavy atom. The summed E-state index contributed by atoms with van der Waals surface area (Å²) < 4.78 is 17.8. The highest BCUT2D eigenvalue weighted by atomic mass is 16.5. The number of ketones is 1. The Balaban J connectivity index is 1.18. The number of carbonyl (C=O) groups excluding carboxylic acids is 2. The van der Waals surface area contributed by atoms with Crippen molar-refractivity contribution < 1.29 is 23.6 Å². The van der Waals surface area contributed by atoms with Crippen molar-refractivity contribution in [3.63, 3.8) is 0 Å². The number of nitrogens with zero attached hydrogens (tertiary/aromatic N) is 4. The second kappa shape index (κ2) is 9.72. The van der Waals surface area contributed by atoms with Gasteiger partial charge in [-0.2, -0.15) is 0 Å². The fraction of sp³-hybridized carbons (Fsp3) is 0.393. The fourth-order valence-corrected chi connectivity index (χ4v) is 5.48. The highest BCUT2D eigenvalue weighted by molar-refractivity contribution is 6.02. The summed E-state index contributed by atoms with van der Waals surface area (Å²) >= 11 is 0. The van der Waals surface area contributed by atoms with Crippen LogP contribution in [-0.2, 0) is 0 Å². The number of hydrogen-bond donors (Lipinski definition) is 2. The number of nitrogens with two attached hydrogens (primary N) is 1. The molecule has 3 N–H and O–H groups in total. The van der Waals surface area contributed by atoms with Gasteiger partial charge in [0.2, 0.25) is 5.58 Å². The smallest absolute Gasteiger partial charge is 0.254 e. The van der Waals surface area contributed by atoms with Crippen LogP contribution in [0.25, 0.3) is 16.7 Å². The van der Waals surface area contributed by atoms with E-state index in [1.165, 1.54) is 0 Å². The van der Waals surface area contributed by atoms with Crippen LogP contribution in [0.15, 0.2) is 51.9 Å². The number of benzene rings is 2. The third-order valence-electron chi connectivity index (χ3n) is 7.72. The number of fused-ring (bicyclic) bond motifs is 2. The molecule has 6 rings (SSSR count). The van der Waals surface area contributed by atoms with Crippen molar-refractivity contribution in [2.45, 2.75) is 50.5 Å². The molecule has 0 unspecified atom stereocenters. The average Bonchev–Trinajstić information content (AvgIpc) is 3.70. The van der Waals surface area contributed by atoms with Crippen LogP contribution in [0, 0.1) is 0 Å². The Hall–Kier alpha value is -4.41. The number of hydrogen-bond acceptors (Lipinski definition) is 8. The van der Waals surface area contributed by atoms with Crippen LogP contribution in [0.4, 0.5) is 0 Å². The lowest BCUT2D eigenvalue weighted by Gasteiger charge is -2.44. The minimum atomic E-state index is -0.639. The maximum absolute atomic E-state index is 13.6. The number of Topliss-reactive ketones (excluding diaryl/α,β-unsaturated/α-hetero) is 1. The molecular weight excluding hydrogens is 500 g/mol. The predicted octanol–water partition coefficient (Wildman–Crippen LogP) is 4.55. The Kier molecular flexibility index (Phi) is 6.20. The van der Waals surface area contributed by atoms with E-state index in [0.29, 0.717) is 77.9 Å². The lowest BCUT2D eigenvalue weighted by atomic mass is 9.82. The third kappa shape index (κ3) is 4.58. The van der Waals surface area contributed by atoms with Gasteiger partial charge in [0.1, 0.15) is 11.4 Å². The van der Waals surface area contributed by atoms with Crippen molar-refractivity contribution in [2.75, 3.05) is 19.7 Å². The van der Waals surface area contributed by atoms with E-state index in [9.17, 15) is 9.59 Å². The molecule has 3 aliphatic rings. The monoisotopic (exact) mass is 530 g/mol. The van der Waals surface area contributed by atoms with E-state index in [-0.39, 0.29) is 18.1 Å².